The Balaban J connectivity index is 1.97. The van der Waals surface area contributed by atoms with Crippen molar-refractivity contribution in [1.82, 2.24) is 15.1 Å². The van der Waals surface area contributed by atoms with Crippen LogP contribution in [-0.2, 0) is 11.3 Å². The molecule has 1 aromatic rings. The van der Waals surface area contributed by atoms with Crippen LogP contribution in [0.5, 0.6) is 5.75 Å². The molecule has 134 valence electrons. The number of likely N-dealkylation sites (tertiary alicyclic amines) is 1. The number of nitrogens with one attached hydrogen (secondary N) is 1. The van der Waals surface area contributed by atoms with E-state index in [0.717, 1.165) is 37.2 Å². The van der Waals surface area contributed by atoms with Gasteiger partial charge in [0.2, 0.25) is 0 Å². The summed E-state index contributed by atoms with van der Waals surface area (Å²) < 4.78 is 5.30. The van der Waals surface area contributed by atoms with Crippen LogP contribution in [-0.4, -0.2) is 56.0 Å². The zero-order chi connectivity index (χ0) is 18.2. The maximum absolute atomic E-state index is 12.6. The van der Waals surface area contributed by atoms with Gasteiger partial charge >= 0.3 is 0 Å². The third-order valence-electron chi connectivity index (χ3n) is 4.64. The number of hydrogen-bond donors (Lipinski definition) is 1. The summed E-state index contributed by atoms with van der Waals surface area (Å²) in [5.41, 5.74) is 1.09. The number of rotatable bonds is 6. The van der Waals surface area contributed by atoms with Crippen LogP contribution < -0.4 is 10.1 Å². The van der Waals surface area contributed by atoms with E-state index in [1.807, 2.05) is 30.3 Å². The number of hydrogen-bond acceptors (Lipinski definition) is 5. The van der Waals surface area contributed by atoms with Crippen molar-refractivity contribution in [3.63, 3.8) is 0 Å². The molecule has 0 spiro atoms. The molecule has 1 fully saturated rings. The first-order chi connectivity index (χ1) is 12.1. The molecule has 0 aromatic heterocycles. The van der Waals surface area contributed by atoms with Crippen LogP contribution in [0.1, 0.15) is 18.4 Å². The number of nitrogens with zero attached hydrogens (tertiary/aromatic N) is 3. The molecule has 1 aliphatic rings. The van der Waals surface area contributed by atoms with E-state index in [2.05, 4.69) is 17.3 Å². The summed E-state index contributed by atoms with van der Waals surface area (Å²) in [5.74, 6) is 0.543. The lowest BCUT2D eigenvalue weighted by Gasteiger charge is -2.35. The highest BCUT2D eigenvalue weighted by Gasteiger charge is 2.25. The van der Waals surface area contributed by atoms with Gasteiger partial charge in [-0.1, -0.05) is 18.2 Å². The predicted octanol–water partition coefficient (Wildman–Crippen LogP) is 1.74. The largest absolute Gasteiger partial charge is 0.496 e. The lowest BCUT2D eigenvalue weighted by atomic mass is 10.0. The van der Waals surface area contributed by atoms with E-state index in [1.54, 1.807) is 19.1 Å². The highest BCUT2D eigenvalue weighted by molar-refractivity contribution is 5.97. The summed E-state index contributed by atoms with van der Waals surface area (Å²) >= 11 is 0. The number of nitriles is 1. The van der Waals surface area contributed by atoms with Gasteiger partial charge in [-0.3, -0.25) is 4.79 Å². The number of carbonyl (C=O) groups is 1. The molecule has 0 saturated carbocycles. The van der Waals surface area contributed by atoms with E-state index < -0.39 is 0 Å². The number of ether oxygens (including phenoxy) is 1. The smallest absolute Gasteiger partial charge is 0.265 e. The van der Waals surface area contributed by atoms with E-state index in [9.17, 15) is 10.1 Å². The number of amides is 1. The third-order valence-corrected chi connectivity index (χ3v) is 4.64. The van der Waals surface area contributed by atoms with E-state index >= 15 is 0 Å². The maximum Gasteiger partial charge on any atom is 0.265 e. The SMILES string of the molecule is COc1ccccc1CN/C=C(/C#N)C(=O)N(C)C1CCN(C)CC1. The Morgan fingerprint density at radius 2 is 2.12 bits per heavy atom. The van der Waals surface area contributed by atoms with Crippen LogP contribution in [0.3, 0.4) is 0 Å². The lowest BCUT2D eigenvalue weighted by Crippen LogP contribution is -2.45. The summed E-state index contributed by atoms with van der Waals surface area (Å²) in [4.78, 5) is 16.5. The van der Waals surface area contributed by atoms with Crippen LogP contribution in [0.25, 0.3) is 0 Å². The second-order valence-corrected chi connectivity index (χ2v) is 6.31. The summed E-state index contributed by atoms with van der Waals surface area (Å²) in [5, 5.41) is 12.4. The minimum absolute atomic E-state index is 0.122. The molecule has 0 aliphatic carbocycles. The van der Waals surface area contributed by atoms with Crippen molar-refractivity contribution in [2.24, 2.45) is 0 Å². The standard InChI is InChI=1S/C19H26N4O2/c1-22-10-8-17(9-11-22)23(2)19(24)16(12-20)14-21-13-15-6-4-5-7-18(15)25-3/h4-7,14,17,21H,8-11,13H2,1-3H3/b16-14-. The van der Waals surface area contributed by atoms with E-state index in [0.29, 0.717) is 6.54 Å². The first-order valence-corrected chi connectivity index (χ1v) is 8.48. The van der Waals surface area contributed by atoms with E-state index in [-0.39, 0.29) is 17.5 Å². The highest BCUT2D eigenvalue weighted by atomic mass is 16.5. The van der Waals surface area contributed by atoms with Crippen molar-refractivity contribution in [1.29, 1.82) is 5.26 Å². The molecule has 6 heteroatoms. The molecule has 1 aromatic carbocycles. The van der Waals surface area contributed by atoms with Crippen LogP contribution in [0.4, 0.5) is 0 Å². The van der Waals surface area contributed by atoms with Gasteiger partial charge in [0.25, 0.3) is 5.91 Å². The molecule has 6 nitrogen and oxygen atoms in total. The molecule has 2 rings (SSSR count). The molecule has 0 unspecified atom stereocenters. The van der Waals surface area contributed by atoms with Crippen LogP contribution in [0, 0.1) is 11.3 Å². The van der Waals surface area contributed by atoms with Gasteiger partial charge in [0.1, 0.15) is 17.4 Å². The van der Waals surface area contributed by atoms with Gasteiger partial charge in [0.15, 0.2) is 0 Å². The summed E-state index contributed by atoms with van der Waals surface area (Å²) in [7, 11) is 5.49. The summed E-state index contributed by atoms with van der Waals surface area (Å²) in [6.45, 7) is 2.43. The molecule has 1 heterocycles. The zero-order valence-corrected chi connectivity index (χ0v) is 15.2. The maximum atomic E-state index is 12.6. The average Bonchev–Trinajstić information content (AvgIpc) is 2.65. The van der Waals surface area contributed by atoms with Crippen LogP contribution in [0.2, 0.25) is 0 Å². The lowest BCUT2D eigenvalue weighted by molar-refractivity contribution is -0.128. The quantitative estimate of drug-likeness (QED) is 0.630. The fourth-order valence-electron chi connectivity index (χ4n) is 2.99. The van der Waals surface area contributed by atoms with Gasteiger partial charge in [0.05, 0.1) is 7.11 Å². The number of likely N-dealkylation sites (N-methyl/N-ethyl adjacent to an activating group) is 1. The number of piperidine rings is 1. The minimum Gasteiger partial charge on any atom is -0.496 e. The van der Waals surface area contributed by atoms with E-state index in [4.69, 9.17) is 4.74 Å². The normalized spacial score (nSPS) is 16.2. The Hall–Kier alpha value is -2.52. The molecule has 1 N–H and O–H groups in total. The number of carbonyl (C=O) groups excluding carboxylic acids is 1. The fraction of sp³-hybridized carbons (Fsp3) is 0.474. The van der Waals surface area contributed by atoms with Crippen molar-refractivity contribution in [3.8, 4) is 11.8 Å². The van der Waals surface area contributed by atoms with Crippen molar-refractivity contribution < 1.29 is 9.53 Å². The first-order valence-electron chi connectivity index (χ1n) is 8.48. The zero-order valence-electron chi connectivity index (χ0n) is 15.2. The first kappa shape index (κ1) is 18.8. The molecule has 1 aliphatic heterocycles. The molecule has 0 atom stereocenters. The topological polar surface area (TPSA) is 68.6 Å². The fourth-order valence-corrected chi connectivity index (χ4v) is 2.99. The molecule has 25 heavy (non-hydrogen) atoms. The third kappa shape index (κ3) is 4.97. The Morgan fingerprint density at radius 1 is 1.44 bits per heavy atom. The molecule has 0 bridgehead atoms. The van der Waals surface area contributed by atoms with Crippen molar-refractivity contribution in [2.45, 2.75) is 25.4 Å². The molecule has 0 radical (unpaired) electrons. The van der Waals surface area contributed by atoms with Gasteiger partial charge in [-0.2, -0.15) is 5.26 Å². The van der Waals surface area contributed by atoms with Gasteiger partial charge in [-0.05, 0) is 39.0 Å². The van der Waals surface area contributed by atoms with Gasteiger partial charge < -0.3 is 19.9 Å². The number of benzene rings is 1. The Labute approximate surface area is 149 Å². The number of methoxy groups -OCH3 is 1. The Kier molecular flexibility index (Phi) is 6.84. The van der Waals surface area contributed by atoms with Gasteiger partial charge in [0, 0.05) is 31.4 Å². The van der Waals surface area contributed by atoms with Gasteiger partial charge in [-0.15, -0.1) is 0 Å². The predicted molar refractivity (Wildman–Crippen MR) is 96.8 cm³/mol. The Bertz CT molecular complexity index is 658. The monoisotopic (exact) mass is 342 g/mol. The summed E-state index contributed by atoms with van der Waals surface area (Å²) in [6.07, 6.45) is 3.37. The second-order valence-electron chi connectivity index (χ2n) is 6.31. The Morgan fingerprint density at radius 3 is 2.76 bits per heavy atom. The second kappa shape index (κ2) is 9.09. The highest BCUT2D eigenvalue weighted by Crippen LogP contribution is 2.18. The molecular weight excluding hydrogens is 316 g/mol. The van der Waals surface area contributed by atoms with Crippen LogP contribution in [0.15, 0.2) is 36.0 Å². The van der Waals surface area contributed by atoms with Gasteiger partial charge in [-0.25, -0.2) is 0 Å². The average molecular weight is 342 g/mol. The minimum atomic E-state index is -0.232. The number of para-hydroxylation sites is 1. The van der Waals surface area contributed by atoms with Crippen molar-refractivity contribution in [2.75, 3.05) is 34.3 Å². The van der Waals surface area contributed by atoms with Crippen molar-refractivity contribution >= 4 is 5.91 Å². The molecule has 1 saturated heterocycles. The summed E-state index contributed by atoms with van der Waals surface area (Å²) in [6, 6.07) is 9.85. The van der Waals surface area contributed by atoms with E-state index in [1.165, 1.54) is 6.20 Å². The van der Waals surface area contributed by atoms with Crippen LogP contribution >= 0.6 is 0 Å². The molecular formula is C19H26N4O2. The van der Waals surface area contributed by atoms with Crippen molar-refractivity contribution in [3.05, 3.63) is 41.6 Å². The molecule has 1 amide bonds.